The Morgan fingerprint density at radius 1 is 1.04 bits per heavy atom. The fourth-order valence-corrected chi connectivity index (χ4v) is 3.04. The number of barbiturate groups is 1. The van der Waals surface area contributed by atoms with Crippen LogP contribution in [0, 0.1) is 12.8 Å². The average Bonchev–Trinajstić information content (AvgIpc) is 2.62. The van der Waals surface area contributed by atoms with Gasteiger partial charge in [0, 0.05) is 28.2 Å². The molecule has 0 aromatic heterocycles. The van der Waals surface area contributed by atoms with Crippen molar-refractivity contribution in [1.82, 2.24) is 14.7 Å². The Balaban J connectivity index is 2.67. The molecule has 1 fully saturated rings. The van der Waals surface area contributed by atoms with Gasteiger partial charge >= 0.3 is 12.0 Å². The fraction of sp³-hybridized carbons (Fsp3) is 0.444. The van der Waals surface area contributed by atoms with Crippen molar-refractivity contribution in [3.8, 4) is 0 Å². The summed E-state index contributed by atoms with van der Waals surface area (Å²) in [6.45, 7) is 1.75. The lowest BCUT2D eigenvalue weighted by molar-refractivity contribution is -0.167. The standard InChI is InChI=1S/C18H21F2N3O4/c1-10-6-8-11(9-7-10)13(18(19,20)16(26)21(2)3)12-14(24)22(4)17(27)23(5)15(12)25/h6-9,12-13H,1-5H3. The number of aryl methyl sites for hydroxylation is 1. The molecule has 27 heavy (non-hydrogen) atoms. The predicted molar refractivity (Wildman–Crippen MR) is 92.0 cm³/mol. The second-order valence-corrected chi connectivity index (χ2v) is 6.77. The van der Waals surface area contributed by atoms with E-state index in [1.54, 1.807) is 19.1 Å². The SMILES string of the molecule is Cc1ccc(C(C2C(=O)N(C)C(=O)N(C)C2=O)C(F)(F)C(=O)N(C)C)cc1. The third-order valence-corrected chi connectivity index (χ3v) is 4.62. The number of hydrogen-bond acceptors (Lipinski definition) is 4. The average molecular weight is 381 g/mol. The van der Waals surface area contributed by atoms with Crippen LogP contribution in [-0.2, 0) is 14.4 Å². The first-order chi connectivity index (χ1) is 12.4. The van der Waals surface area contributed by atoms with Gasteiger partial charge in [0.1, 0.15) is 5.92 Å². The van der Waals surface area contributed by atoms with E-state index < -0.39 is 41.5 Å². The largest absolute Gasteiger partial charge is 0.344 e. The van der Waals surface area contributed by atoms with Gasteiger partial charge < -0.3 is 4.90 Å². The van der Waals surface area contributed by atoms with E-state index in [2.05, 4.69) is 0 Å². The van der Waals surface area contributed by atoms with Crippen LogP contribution < -0.4 is 0 Å². The molecule has 1 saturated heterocycles. The molecule has 1 aromatic rings. The lowest BCUT2D eigenvalue weighted by atomic mass is 9.78. The molecule has 1 heterocycles. The Labute approximate surface area is 155 Å². The normalized spacial score (nSPS) is 17.4. The van der Waals surface area contributed by atoms with Gasteiger partial charge in [-0.25, -0.2) is 4.79 Å². The van der Waals surface area contributed by atoms with E-state index in [1.807, 2.05) is 0 Å². The van der Waals surface area contributed by atoms with Gasteiger partial charge in [0.2, 0.25) is 11.8 Å². The lowest BCUT2D eigenvalue weighted by Crippen LogP contribution is -2.61. The molecule has 0 radical (unpaired) electrons. The summed E-state index contributed by atoms with van der Waals surface area (Å²) >= 11 is 0. The molecule has 0 spiro atoms. The number of imide groups is 2. The summed E-state index contributed by atoms with van der Waals surface area (Å²) in [4.78, 5) is 51.3. The van der Waals surface area contributed by atoms with Crippen LogP contribution >= 0.6 is 0 Å². The number of amides is 5. The minimum atomic E-state index is -4.04. The van der Waals surface area contributed by atoms with E-state index in [0.717, 1.165) is 33.8 Å². The molecule has 7 nitrogen and oxygen atoms in total. The molecule has 0 N–H and O–H groups in total. The van der Waals surface area contributed by atoms with Crippen LogP contribution in [0.1, 0.15) is 17.0 Å². The summed E-state index contributed by atoms with van der Waals surface area (Å²) in [7, 11) is 4.54. The molecule has 0 saturated carbocycles. The van der Waals surface area contributed by atoms with Crippen LogP contribution in [0.15, 0.2) is 24.3 Å². The lowest BCUT2D eigenvalue weighted by Gasteiger charge is -2.39. The van der Waals surface area contributed by atoms with Crippen LogP contribution in [0.25, 0.3) is 0 Å². The van der Waals surface area contributed by atoms with Crippen molar-refractivity contribution in [2.75, 3.05) is 28.2 Å². The van der Waals surface area contributed by atoms with Crippen molar-refractivity contribution in [3.05, 3.63) is 35.4 Å². The van der Waals surface area contributed by atoms with Crippen molar-refractivity contribution in [1.29, 1.82) is 0 Å². The summed E-state index contributed by atoms with van der Waals surface area (Å²) in [5.74, 6) is -11.7. The van der Waals surface area contributed by atoms with Gasteiger partial charge in [0.25, 0.3) is 5.91 Å². The van der Waals surface area contributed by atoms with Gasteiger partial charge in [-0.15, -0.1) is 0 Å². The molecular formula is C18H21F2N3O4. The zero-order valence-corrected chi connectivity index (χ0v) is 15.7. The zero-order valence-electron chi connectivity index (χ0n) is 15.7. The molecule has 0 bridgehead atoms. The summed E-state index contributed by atoms with van der Waals surface area (Å²) in [6.07, 6.45) is 0. The number of benzene rings is 1. The topological polar surface area (TPSA) is 78.0 Å². The van der Waals surface area contributed by atoms with Crippen molar-refractivity contribution in [2.45, 2.75) is 18.8 Å². The van der Waals surface area contributed by atoms with Gasteiger partial charge in [0.05, 0.1) is 5.92 Å². The Bertz CT molecular complexity index is 768. The molecule has 5 amide bonds. The number of urea groups is 1. The molecule has 0 aliphatic carbocycles. The van der Waals surface area contributed by atoms with Crippen molar-refractivity contribution >= 4 is 23.8 Å². The minimum absolute atomic E-state index is 0.0383. The Morgan fingerprint density at radius 3 is 1.89 bits per heavy atom. The maximum atomic E-state index is 15.2. The first-order valence-electron chi connectivity index (χ1n) is 8.16. The number of carbonyl (C=O) groups is 4. The van der Waals surface area contributed by atoms with E-state index >= 15 is 8.78 Å². The van der Waals surface area contributed by atoms with Crippen molar-refractivity contribution in [2.24, 2.45) is 5.92 Å². The third-order valence-electron chi connectivity index (χ3n) is 4.62. The van der Waals surface area contributed by atoms with Crippen molar-refractivity contribution < 1.29 is 28.0 Å². The number of rotatable bonds is 4. The summed E-state index contributed by atoms with van der Waals surface area (Å²) in [5.41, 5.74) is 0.745. The minimum Gasteiger partial charge on any atom is -0.344 e. The van der Waals surface area contributed by atoms with E-state index in [-0.39, 0.29) is 5.56 Å². The van der Waals surface area contributed by atoms with Crippen LogP contribution in [0.3, 0.4) is 0 Å². The molecule has 1 atom stereocenters. The summed E-state index contributed by atoms with van der Waals surface area (Å²) < 4.78 is 30.4. The number of hydrogen-bond donors (Lipinski definition) is 0. The number of carbonyl (C=O) groups excluding carboxylic acids is 4. The first-order valence-corrected chi connectivity index (χ1v) is 8.16. The smallest absolute Gasteiger partial charge is 0.332 e. The Morgan fingerprint density at radius 2 is 1.48 bits per heavy atom. The molecule has 1 aliphatic rings. The molecule has 1 aliphatic heterocycles. The Hall–Kier alpha value is -2.84. The molecule has 1 unspecified atom stereocenters. The van der Waals surface area contributed by atoms with Crippen molar-refractivity contribution in [3.63, 3.8) is 0 Å². The third kappa shape index (κ3) is 3.41. The second kappa shape index (κ2) is 7.05. The number of nitrogens with zero attached hydrogens (tertiary/aromatic N) is 3. The maximum Gasteiger partial charge on any atom is 0.332 e. The molecule has 146 valence electrons. The van der Waals surface area contributed by atoms with Gasteiger partial charge in [0.15, 0.2) is 0 Å². The van der Waals surface area contributed by atoms with E-state index in [4.69, 9.17) is 0 Å². The van der Waals surface area contributed by atoms with Gasteiger partial charge in [-0.1, -0.05) is 29.8 Å². The Kier molecular flexibility index (Phi) is 5.35. The predicted octanol–water partition coefficient (Wildman–Crippen LogP) is 1.47. The highest BCUT2D eigenvalue weighted by Crippen LogP contribution is 2.43. The van der Waals surface area contributed by atoms with Crippen LogP contribution in [0.2, 0.25) is 0 Å². The van der Waals surface area contributed by atoms with Crippen LogP contribution in [-0.4, -0.2) is 72.6 Å². The number of halogens is 2. The summed E-state index contributed by atoms with van der Waals surface area (Å²) in [5, 5.41) is 0. The van der Waals surface area contributed by atoms with E-state index in [1.165, 1.54) is 12.1 Å². The fourth-order valence-electron chi connectivity index (χ4n) is 3.04. The maximum absolute atomic E-state index is 15.2. The van der Waals surface area contributed by atoms with Crippen LogP contribution in [0.5, 0.6) is 0 Å². The molecule has 9 heteroatoms. The van der Waals surface area contributed by atoms with E-state index in [9.17, 15) is 19.2 Å². The van der Waals surface area contributed by atoms with Gasteiger partial charge in [-0.05, 0) is 12.5 Å². The van der Waals surface area contributed by atoms with Crippen LogP contribution in [0.4, 0.5) is 13.6 Å². The molecule has 1 aromatic carbocycles. The highest BCUT2D eigenvalue weighted by Gasteiger charge is 2.59. The zero-order chi connectivity index (χ0) is 20.7. The van der Waals surface area contributed by atoms with Gasteiger partial charge in [-0.2, -0.15) is 8.78 Å². The number of alkyl halides is 2. The van der Waals surface area contributed by atoms with E-state index in [0.29, 0.717) is 14.7 Å². The molecule has 2 rings (SSSR count). The highest BCUT2D eigenvalue weighted by molar-refractivity contribution is 6.16. The van der Waals surface area contributed by atoms with Gasteiger partial charge in [-0.3, -0.25) is 24.2 Å². The first kappa shape index (κ1) is 20.5. The second-order valence-electron chi connectivity index (χ2n) is 6.77. The highest BCUT2D eigenvalue weighted by atomic mass is 19.3. The summed E-state index contributed by atoms with van der Waals surface area (Å²) in [6, 6.07) is 4.90. The molecular weight excluding hydrogens is 360 g/mol. The monoisotopic (exact) mass is 381 g/mol. The quantitative estimate of drug-likeness (QED) is 0.740.